The van der Waals surface area contributed by atoms with E-state index in [-0.39, 0.29) is 5.91 Å². The first-order valence-corrected chi connectivity index (χ1v) is 5.65. The second kappa shape index (κ2) is 5.57. The number of nitrogen functional groups attached to an aromatic ring is 1. The molecule has 0 saturated heterocycles. The fraction of sp³-hybridized carbons (Fsp3) is 0.462. The van der Waals surface area contributed by atoms with Crippen LogP contribution in [0.1, 0.15) is 24.2 Å². The lowest BCUT2D eigenvalue weighted by Gasteiger charge is -2.14. The largest absolute Gasteiger partial charge is 0.491 e. The van der Waals surface area contributed by atoms with Crippen molar-refractivity contribution in [3.8, 4) is 5.75 Å². The van der Waals surface area contributed by atoms with Gasteiger partial charge in [-0.15, -0.1) is 0 Å². The smallest absolute Gasteiger partial charge is 0.253 e. The van der Waals surface area contributed by atoms with Crippen molar-refractivity contribution in [1.29, 1.82) is 0 Å². The summed E-state index contributed by atoms with van der Waals surface area (Å²) < 4.78 is 5.57. The average molecular weight is 236 g/mol. The maximum absolute atomic E-state index is 11.8. The Hall–Kier alpha value is -1.71. The highest BCUT2D eigenvalue weighted by molar-refractivity contribution is 5.94. The van der Waals surface area contributed by atoms with Crippen molar-refractivity contribution in [2.75, 3.05) is 26.4 Å². The van der Waals surface area contributed by atoms with E-state index in [1.165, 1.54) is 4.90 Å². The molecule has 1 rings (SSSR count). The second-order valence-electron chi connectivity index (χ2n) is 4.66. The van der Waals surface area contributed by atoms with Gasteiger partial charge >= 0.3 is 0 Å². The number of nitrogens with zero attached hydrogens (tertiary/aromatic N) is 1. The number of hydrogen-bond donors (Lipinski definition) is 1. The van der Waals surface area contributed by atoms with E-state index in [2.05, 4.69) is 13.8 Å². The molecule has 2 N–H and O–H groups in total. The highest BCUT2D eigenvalue weighted by atomic mass is 16.5. The van der Waals surface area contributed by atoms with Crippen LogP contribution in [0.15, 0.2) is 18.2 Å². The minimum Gasteiger partial charge on any atom is -0.491 e. The van der Waals surface area contributed by atoms with E-state index in [9.17, 15) is 4.79 Å². The topological polar surface area (TPSA) is 55.6 Å². The molecule has 0 aliphatic carbocycles. The molecule has 1 amide bonds. The van der Waals surface area contributed by atoms with Crippen molar-refractivity contribution in [3.05, 3.63) is 23.8 Å². The summed E-state index contributed by atoms with van der Waals surface area (Å²) in [5.74, 6) is 0.938. The van der Waals surface area contributed by atoms with Crippen LogP contribution in [0.5, 0.6) is 5.75 Å². The number of amides is 1. The molecule has 0 fully saturated rings. The van der Waals surface area contributed by atoms with E-state index in [0.717, 1.165) is 0 Å². The molecule has 0 saturated carbocycles. The Morgan fingerprint density at radius 3 is 2.59 bits per heavy atom. The van der Waals surface area contributed by atoms with Gasteiger partial charge in [-0.25, -0.2) is 0 Å². The standard InChI is InChI=1S/C13H20N2O2/c1-9(2)8-17-12-7-10(5-6-11(12)14)13(16)15(3)4/h5-7,9H,8,14H2,1-4H3. The number of benzene rings is 1. The molecular weight excluding hydrogens is 216 g/mol. The maximum Gasteiger partial charge on any atom is 0.253 e. The predicted octanol–water partition coefficient (Wildman–Crippen LogP) is 2.01. The molecule has 94 valence electrons. The van der Waals surface area contributed by atoms with E-state index in [1.807, 2.05) is 0 Å². The van der Waals surface area contributed by atoms with Crippen molar-refractivity contribution < 1.29 is 9.53 Å². The molecule has 17 heavy (non-hydrogen) atoms. The summed E-state index contributed by atoms with van der Waals surface area (Å²) in [5, 5.41) is 0. The zero-order chi connectivity index (χ0) is 13.0. The second-order valence-corrected chi connectivity index (χ2v) is 4.66. The van der Waals surface area contributed by atoms with E-state index in [0.29, 0.717) is 29.5 Å². The molecule has 0 bridgehead atoms. The van der Waals surface area contributed by atoms with Gasteiger partial charge in [-0.1, -0.05) is 13.8 Å². The summed E-state index contributed by atoms with van der Waals surface area (Å²) in [4.78, 5) is 13.3. The quantitative estimate of drug-likeness (QED) is 0.813. The molecule has 0 heterocycles. The summed E-state index contributed by atoms with van der Waals surface area (Å²) in [6.45, 7) is 4.71. The third-order valence-corrected chi connectivity index (χ3v) is 2.24. The van der Waals surface area contributed by atoms with Crippen molar-refractivity contribution in [2.24, 2.45) is 5.92 Å². The van der Waals surface area contributed by atoms with Crippen LogP contribution in [0.4, 0.5) is 5.69 Å². The fourth-order valence-corrected chi connectivity index (χ4v) is 1.31. The Balaban J connectivity index is 2.90. The van der Waals surface area contributed by atoms with Gasteiger partial charge in [-0.2, -0.15) is 0 Å². The number of nitrogens with two attached hydrogens (primary N) is 1. The Bertz CT molecular complexity index is 400. The van der Waals surface area contributed by atoms with E-state index < -0.39 is 0 Å². The van der Waals surface area contributed by atoms with Gasteiger partial charge in [0.05, 0.1) is 12.3 Å². The number of hydrogen-bond acceptors (Lipinski definition) is 3. The normalized spacial score (nSPS) is 10.4. The van der Waals surface area contributed by atoms with Crippen LogP contribution in [0, 0.1) is 5.92 Å². The molecule has 0 aliphatic heterocycles. The van der Waals surface area contributed by atoms with Crippen LogP contribution in [-0.2, 0) is 0 Å². The van der Waals surface area contributed by atoms with Crippen LogP contribution >= 0.6 is 0 Å². The minimum absolute atomic E-state index is 0.0561. The first-order valence-electron chi connectivity index (χ1n) is 5.65. The van der Waals surface area contributed by atoms with Crippen LogP contribution in [0.3, 0.4) is 0 Å². The van der Waals surface area contributed by atoms with Gasteiger partial charge in [0.15, 0.2) is 0 Å². The highest BCUT2D eigenvalue weighted by Gasteiger charge is 2.11. The lowest BCUT2D eigenvalue weighted by Crippen LogP contribution is -2.21. The van der Waals surface area contributed by atoms with E-state index in [4.69, 9.17) is 10.5 Å². The summed E-state index contributed by atoms with van der Waals surface area (Å²) in [5.41, 5.74) is 6.94. The molecule has 0 aromatic heterocycles. The zero-order valence-electron chi connectivity index (χ0n) is 10.9. The average Bonchev–Trinajstić information content (AvgIpc) is 2.26. The van der Waals surface area contributed by atoms with E-state index >= 15 is 0 Å². The van der Waals surface area contributed by atoms with Crippen LogP contribution < -0.4 is 10.5 Å². The Kier molecular flexibility index (Phi) is 4.37. The molecule has 0 atom stereocenters. The Morgan fingerprint density at radius 1 is 1.41 bits per heavy atom. The number of carbonyl (C=O) groups is 1. The maximum atomic E-state index is 11.8. The van der Waals surface area contributed by atoms with Gasteiger partial charge in [0.1, 0.15) is 5.75 Å². The minimum atomic E-state index is -0.0561. The molecule has 0 radical (unpaired) electrons. The monoisotopic (exact) mass is 236 g/mol. The lowest BCUT2D eigenvalue weighted by molar-refractivity contribution is 0.0827. The summed E-state index contributed by atoms with van der Waals surface area (Å²) in [6.07, 6.45) is 0. The molecule has 1 aromatic rings. The van der Waals surface area contributed by atoms with Gasteiger partial charge in [-0.05, 0) is 24.1 Å². The molecule has 0 aliphatic rings. The highest BCUT2D eigenvalue weighted by Crippen LogP contribution is 2.23. The molecule has 1 aromatic carbocycles. The summed E-state index contributed by atoms with van der Waals surface area (Å²) in [7, 11) is 3.43. The molecule has 4 heteroatoms. The molecule has 0 spiro atoms. The third kappa shape index (κ3) is 3.66. The summed E-state index contributed by atoms with van der Waals surface area (Å²) >= 11 is 0. The van der Waals surface area contributed by atoms with Gasteiger partial charge in [-0.3, -0.25) is 4.79 Å². The van der Waals surface area contributed by atoms with Gasteiger partial charge in [0.25, 0.3) is 5.91 Å². The first kappa shape index (κ1) is 13.4. The molecular formula is C13H20N2O2. The number of anilines is 1. The molecule has 4 nitrogen and oxygen atoms in total. The SMILES string of the molecule is CC(C)COc1cc(C(=O)N(C)C)ccc1N. The number of carbonyl (C=O) groups excluding carboxylic acids is 1. The van der Waals surface area contributed by atoms with Crippen LogP contribution in [0.2, 0.25) is 0 Å². The Labute approximate surface area is 102 Å². The van der Waals surface area contributed by atoms with E-state index in [1.54, 1.807) is 32.3 Å². The first-order chi connectivity index (χ1) is 7.91. The van der Waals surface area contributed by atoms with Crippen molar-refractivity contribution in [1.82, 2.24) is 4.90 Å². The Morgan fingerprint density at radius 2 is 2.06 bits per heavy atom. The zero-order valence-corrected chi connectivity index (χ0v) is 10.9. The van der Waals surface area contributed by atoms with Crippen molar-refractivity contribution in [2.45, 2.75) is 13.8 Å². The fourth-order valence-electron chi connectivity index (χ4n) is 1.31. The number of ether oxygens (including phenoxy) is 1. The molecule has 0 unspecified atom stereocenters. The third-order valence-electron chi connectivity index (χ3n) is 2.24. The van der Waals surface area contributed by atoms with Crippen molar-refractivity contribution >= 4 is 11.6 Å². The van der Waals surface area contributed by atoms with Gasteiger partial charge < -0.3 is 15.4 Å². The van der Waals surface area contributed by atoms with Gasteiger partial charge in [0.2, 0.25) is 0 Å². The predicted molar refractivity (Wildman–Crippen MR) is 69.2 cm³/mol. The number of rotatable bonds is 4. The van der Waals surface area contributed by atoms with Gasteiger partial charge in [0, 0.05) is 19.7 Å². The summed E-state index contributed by atoms with van der Waals surface area (Å²) in [6, 6.07) is 5.10. The van der Waals surface area contributed by atoms with Crippen LogP contribution in [0.25, 0.3) is 0 Å². The van der Waals surface area contributed by atoms with Crippen LogP contribution in [-0.4, -0.2) is 31.5 Å². The van der Waals surface area contributed by atoms with Crippen molar-refractivity contribution in [3.63, 3.8) is 0 Å². The lowest BCUT2D eigenvalue weighted by atomic mass is 10.1.